The summed E-state index contributed by atoms with van der Waals surface area (Å²) in [5, 5.41) is 21.1. The number of aliphatic hydroxyl groups excluding tert-OH is 2. The van der Waals surface area contributed by atoms with Gasteiger partial charge in [0.15, 0.2) is 18.5 Å². The van der Waals surface area contributed by atoms with Gasteiger partial charge in [0.25, 0.3) is 0 Å². The predicted molar refractivity (Wildman–Crippen MR) is 106 cm³/mol. The van der Waals surface area contributed by atoms with Crippen molar-refractivity contribution in [1.82, 2.24) is 0 Å². The third kappa shape index (κ3) is 6.92. The van der Waals surface area contributed by atoms with Crippen LogP contribution in [0.1, 0.15) is 62.3 Å². The summed E-state index contributed by atoms with van der Waals surface area (Å²) in [6.45, 7) is 14.4. The van der Waals surface area contributed by atoms with Crippen molar-refractivity contribution in [2.45, 2.75) is 93.0 Å². The van der Waals surface area contributed by atoms with Gasteiger partial charge in [-0.15, -0.1) is 0 Å². The van der Waals surface area contributed by atoms with Crippen molar-refractivity contribution >= 4 is 17.9 Å². The van der Waals surface area contributed by atoms with Gasteiger partial charge in [-0.1, -0.05) is 0 Å². The van der Waals surface area contributed by atoms with E-state index in [2.05, 4.69) is 0 Å². The normalized spacial score (nSPS) is 27.9. The molecule has 0 aromatic rings. The van der Waals surface area contributed by atoms with Gasteiger partial charge in [0, 0.05) is 0 Å². The van der Waals surface area contributed by atoms with E-state index in [-0.39, 0.29) is 6.61 Å². The standard InChI is InChI=1S/C21H36O9/c1-19(2,3)16(24)27-10-11-13(29-17(25)20(4,5)6)12(22)14(15(23)28-11)30-18(26)21(7,8)9/h11-15,22-23H,10H2,1-9H3/t11-,12+,13-,14+,15-/m1/s1. The van der Waals surface area contributed by atoms with Crippen molar-refractivity contribution < 1.29 is 43.5 Å². The Balaban J connectivity index is 3.09. The third-order valence-electron chi connectivity index (χ3n) is 4.34. The Morgan fingerprint density at radius 2 is 1.13 bits per heavy atom. The molecule has 0 unspecified atom stereocenters. The van der Waals surface area contributed by atoms with Crippen LogP contribution in [0.5, 0.6) is 0 Å². The highest BCUT2D eigenvalue weighted by molar-refractivity contribution is 5.76. The summed E-state index contributed by atoms with van der Waals surface area (Å²) in [5.41, 5.74) is -2.57. The number of aliphatic hydroxyl groups is 2. The second-order valence-electron chi connectivity index (χ2n) is 10.6. The van der Waals surface area contributed by atoms with Crippen molar-refractivity contribution in [3.63, 3.8) is 0 Å². The Morgan fingerprint density at radius 1 is 0.733 bits per heavy atom. The molecule has 2 N–H and O–H groups in total. The second-order valence-corrected chi connectivity index (χ2v) is 10.6. The van der Waals surface area contributed by atoms with Gasteiger partial charge in [-0.3, -0.25) is 14.4 Å². The van der Waals surface area contributed by atoms with Crippen LogP contribution in [0.2, 0.25) is 0 Å². The van der Waals surface area contributed by atoms with Crippen LogP contribution >= 0.6 is 0 Å². The monoisotopic (exact) mass is 432 g/mol. The van der Waals surface area contributed by atoms with Crippen molar-refractivity contribution in [3.8, 4) is 0 Å². The average molecular weight is 433 g/mol. The van der Waals surface area contributed by atoms with Crippen LogP contribution in [0.25, 0.3) is 0 Å². The van der Waals surface area contributed by atoms with Gasteiger partial charge in [-0.05, 0) is 62.3 Å². The molecule has 5 atom stereocenters. The van der Waals surface area contributed by atoms with Crippen molar-refractivity contribution in [3.05, 3.63) is 0 Å². The summed E-state index contributed by atoms with van der Waals surface area (Å²) < 4.78 is 21.3. The molecule has 0 aliphatic carbocycles. The number of rotatable bonds is 4. The lowest BCUT2D eigenvalue weighted by atomic mass is 9.94. The highest BCUT2D eigenvalue weighted by atomic mass is 16.7. The molecule has 1 rings (SSSR count). The molecule has 0 amide bonds. The molecule has 30 heavy (non-hydrogen) atoms. The fourth-order valence-electron chi connectivity index (χ4n) is 2.29. The molecule has 0 bridgehead atoms. The average Bonchev–Trinajstić information content (AvgIpc) is 2.56. The van der Waals surface area contributed by atoms with Gasteiger partial charge in [0.05, 0.1) is 16.2 Å². The minimum absolute atomic E-state index is 0.369. The van der Waals surface area contributed by atoms with Crippen LogP contribution in [0.4, 0.5) is 0 Å². The van der Waals surface area contributed by atoms with E-state index in [1.807, 2.05) is 0 Å². The van der Waals surface area contributed by atoms with Crippen LogP contribution in [0.15, 0.2) is 0 Å². The number of carbonyl (C=O) groups excluding carboxylic acids is 3. The quantitative estimate of drug-likeness (QED) is 0.502. The number of hydrogen-bond acceptors (Lipinski definition) is 9. The number of hydrogen-bond donors (Lipinski definition) is 2. The molecule has 0 radical (unpaired) electrons. The lowest BCUT2D eigenvalue weighted by molar-refractivity contribution is -0.297. The molecule has 1 saturated heterocycles. The Labute approximate surface area is 178 Å². The predicted octanol–water partition coefficient (Wildman–Crippen LogP) is 1.57. The summed E-state index contributed by atoms with van der Waals surface area (Å²) in [5.74, 6) is -1.84. The molecule has 0 spiro atoms. The lowest BCUT2D eigenvalue weighted by Crippen LogP contribution is -2.62. The van der Waals surface area contributed by atoms with E-state index < -0.39 is 64.9 Å². The molecular formula is C21H36O9. The zero-order valence-electron chi connectivity index (χ0n) is 19.3. The largest absolute Gasteiger partial charge is 0.462 e. The molecule has 1 heterocycles. The van der Waals surface area contributed by atoms with Crippen molar-refractivity contribution in [2.75, 3.05) is 6.61 Å². The fraction of sp³-hybridized carbons (Fsp3) is 0.857. The molecule has 1 fully saturated rings. The molecule has 174 valence electrons. The first-order valence-corrected chi connectivity index (χ1v) is 9.96. The second kappa shape index (κ2) is 9.20. The topological polar surface area (TPSA) is 129 Å². The van der Waals surface area contributed by atoms with E-state index in [1.165, 1.54) is 0 Å². The highest BCUT2D eigenvalue weighted by Gasteiger charge is 2.50. The lowest BCUT2D eigenvalue weighted by Gasteiger charge is -2.42. The van der Waals surface area contributed by atoms with Gasteiger partial charge < -0.3 is 29.2 Å². The maximum Gasteiger partial charge on any atom is 0.311 e. The smallest absolute Gasteiger partial charge is 0.311 e. The van der Waals surface area contributed by atoms with Gasteiger partial charge in [-0.25, -0.2) is 0 Å². The first kappa shape index (κ1) is 26.3. The van der Waals surface area contributed by atoms with E-state index in [0.717, 1.165) is 0 Å². The fourth-order valence-corrected chi connectivity index (χ4v) is 2.29. The van der Waals surface area contributed by atoms with Crippen molar-refractivity contribution in [1.29, 1.82) is 0 Å². The van der Waals surface area contributed by atoms with E-state index in [4.69, 9.17) is 18.9 Å². The maximum atomic E-state index is 12.4. The summed E-state index contributed by atoms with van der Waals surface area (Å²) >= 11 is 0. The van der Waals surface area contributed by atoms with Crippen LogP contribution in [-0.2, 0) is 33.3 Å². The Hall–Kier alpha value is -1.71. The maximum absolute atomic E-state index is 12.4. The molecule has 9 heteroatoms. The van der Waals surface area contributed by atoms with Crippen molar-refractivity contribution in [2.24, 2.45) is 16.2 Å². The summed E-state index contributed by atoms with van der Waals surface area (Å²) in [7, 11) is 0. The molecule has 1 aliphatic heterocycles. The Kier molecular flexibility index (Phi) is 8.07. The van der Waals surface area contributed by atoms with Crippen LogP contribution < -0.4 is 0 Å². The first-order chi connectivity index (χ1) is 13.4. The van der Waals surface area contributed by atoms with Crippen LogP contribution in [0, 0.1) is 16.2 Å². The SMILES string of the molecule is CC(C)(C)C(=O)OC[C@H]1O[C@@H](O)[C@@H](OC(=O)C(C)(C)C)[C@@H](O)[C@@H]1OC(=O)C(C)(C)C. The van der Waals surface area contributed by atoms with Gasteiger partial charge >= 0.3 is 17.9 Å². The van der Waals surface area contributed by atoms with Gasteiger partial charge in [0.1, 0.15) is 18.8 Å². The number of carbonyl (C=O) groups is 3. The van der Waals surface area contributed by atoms with E-state index in [9.17, 15) is 24.6 Å². The zero-order valence-corrected chi connectivity index (χ0v) is 19.3. The summed E-state index contributed by atoms with van der Waals surface area (Å²) in [6.07, 6.45) is -7.26. The highest BCUT2D eigenvalue weighted by Crippen LogP contribution is 2.30. The number of esters is 3. The number of ether oxygens (including phenoxy) is 4. The Bertz CT molecular complexity index is 634. The van der Waals surface area contributed by atoms with E-state index >= 15 is 0 Å². The van der Waals surface area contributed by atoms with Crippen LogP contribution in [-0.4, -0.2) is 65.4 Å². The van der Waals surface area contributed by atoms with Gasteiger partial charge in [0.2, 0.25) is 0 Å². The zero-order chi connectivity index (χ0) is 23.7. The van der Waals surface area contributed by atoms with E-state index in [1.54, 1.807) is 62.3 Å². The van der Waals surface area contributed by atoms with E-state index in [0.29, 0.717) is 0 Å². The summed E-state index contributed by atoms with van der Waals surface area (Å²) in [4.78, 5) is 36.8. The first-order valence-electron chi connectivity index (χ1n) is 9.96. The van der Waals surface area contributed by atoms with Gasteiger partial charge in [-0.2, -0.15) is 0 Å². The molecule has 1 aliphatic rings. The van der Waals surface area contributed by atoms with Crippen LogP contribution in [0.3, 0.4) is 0 Å². The molecule has 0 aromatic carbocycles. The summed E-state index contributed by atoms with van der Waals surface area (Å²) in [6, 6.07) is 0. The molecule has 9 nitrogen and oxygen atoms in total. The molecule has 0 aromatic heterocycles. The molecule has 0 saturated carbocycles. The third-order valence-corrected chi connectivity index (χ3v) is 4.34. The minimum atomic E-state index is -1.70. The molecular weight excluding hydrogens is 396 g/mol. The minimum Gasteiger partial charge on any atom is -0.462 e. The Morgan fingerprint density at radius 3 is 1.53 bits per heavy atom.